The third kappa shape index (κ3) is 1.71. The largest absolute Gasteiger partial charge is 0.481 e. The molecule has 0 aliphatic heterocycles. The first-order valence-corrected chi connectivity index (χ1v) is 7.74. The van der Waals surface area contributed by atoms with Gasteiger partial charge < -0.3 is 5.11 Å². The van der Waals surface area contributed by atoms with Crippen LogP contribution in [0.4, 0.5) is 0 Å². The normalized spacial score (nSPS) is 46.2. The van der Waals surface area contributed by atoms with E-state index in [2.05, 4.69) is 13.8 Å². The van der Waals surface area contributed by atoms with E-state index in [0.717, 1.165) is 30.6 Å². The van der Waals surface area contributed by atoms with Crippen molar-refractivity contribution in [1.29, 1.82) is 0 Å². The van der Waals surface area contributed by atoms with Gasteiger partial charge in [-0.05, 0) is 61.2 Å². The molecule has 0 bridgehead atoms. The first kappa shape index (κ1) is 12.5. The maximum absolute atomic E-state index is 11.3. The number of hydrogen-bond acceptors (Lipinski definition) is 1. The van der Waals surface area contributed by atoms with Gasteiger partial charge in [-0.2, -0.15) is 0 Å². The number of hydrogen-bond donors (Lipinski definition) is 1. The van der Waals surface area contributed by atoms with Crippen LogP contribution in [0, 0.1) is 35.0 Å². The standard InChI is InChI=1S/C16H26O2/c1-16(2)13-6-4-3-5-11(13)12-8-7-10(15(17)18)9-14(12)16/h10-14H,3-9H2,1-2H3,(H,17,18). The molecule has 0 saturated heterocycles. The smallest absolute Gasteiger partial charge is 0.306 e. The van der Waals surface area contributed by atoms with E-state index in [1.807, 2.05) is 0 Å². The third-order valence-corrected chi connectivity index (χ3v) is 6.53. The number of carboxylic acids is 1. The van der Waals surface area contributed by atoms with Crippen molar-refractivity contribution in [3.8, 4) is 0 Å². The monoisotopic (exact) mass is 250 g/mol. The maximum atomic E-state index is 11.3. The predicted octanol–water partition coefficient (Wildman–Crippen LogP) is 3.95. The highest BCUT2D eigenvalue weighted by molar-refractivity contribution is 5.70. The van der Waals surface area contributed by atoms with Crippen LogP contribution in [0.2, 0.25) is 0 Å². The molecule has 102 valence electrons. The van der Waals surface area contributed by atoms with Gasteiger partial charge >= 0.3 is 5.97 Å². The van der Waals surface area contributed by atoms with E-state index in [0.29, 0.717) is 11.3 Å². The molecule has 0 aromatic heterocycles. The Kier molecular flexibility index (Phi) is 2.95. The van der Waals surface area contributed by atoms with Gasteiger partial charge in [-0.15, -0.1) is 0 Å². The van der Waals surface area contributed by atoms with E-state index in [4.69, 9.17) is 0 Å². The lowest BCUT2D eigenvalue weighted by molar-refractivity contribution is -0.144. The lowest BCUT2D eigenvalue weighted by atomic mass is 9.66. The summed E-state index contributed by atoms with van der Waals surface area (Å²) >= 11 is 0. The summed E-state index contributed by atoms with van der Waals surface area (Å²) in [4.78, 5) is 11.3. The highest BCUT2D eigenvalue weighted by atomic mass is 16.4. The SMILES string of the molecule is CC1(C)C2CCCCC2C2CCC(C(=O)O)CC21. The molecule has 3 aliphatic rings. The van der Waals surface area contributed by atoms with E-state index in [1.54, 1.807) is 0 Å². The van der Waals surface area contributed by atoms with Gasteiger partial charge in [0.25, 0.3) is 0 Å². The number of aliphatic carboxylic acids is 1. The molecule has 3 rings (SSSR count). The van der Waals surface area contributed by atoms with Crippen LogP contribution < -0.4 is 0 Å². The first-order valence-electron chi connectivity index (χ1n) is 7.74. The Balaban J connectivity index is 1.85. The zero-order valence-electron chi connectivity index (χ0n) is 11.7. The fraction of sp³-hybridized carbons (Fsp3) is 0.938. The topological polar surface area (TPSA) is 37.3 Å². The van der Waals surface area contributed by atoms with Gasteiger partial charge in [-0.3, -0.25) is 4.79 Å². The molecule has 0 aromatic carbocycles. The van der Waals surface area contributed by atoms with Gasteiger partial charge in [-0.25, -0.2) is 0 Å². The van der Waals surface area contributed by atoms with E-state index in [1.165, 1.54) is 32.1 Å². The van der Waals surface area contributed by atoms with Crippen molar-refractivity contribution in [2.75, 3.05) is 0 Å². The minimum atomic E-state index is -0.556. The van der Waals surface area contributed by atoms with Crippen molar-refractivity contribution in [1.82, 2.24) is 0 Å². The second-order valence-electron chi connectivity index (χ2n) is 7.49. The van der Waals surface area contributed by atoms with Gasteiger partial charge in [0.2, 0.25) is 0 Å². The molecule has 0 amide bonds. The highest BCUT2D eigenvalue weighted by Crippen LogP contribution is 2.63. The lowest BCUT2D eigenvalue weighted by Gasteiger charge is -2.38. The summed E-state index contributed by atoms with van der Waals surface area (Å²) in [6.07, 6.45) is 8.65. The first-order chi connectivity index (χ1) is 8.51. The second-order valence-corrected chi connectivity index (χ2v) is 7.49. The fourth-order valence-electron chi connectivity index (χ4n) is 5.66. The Morgan fingerprint density at radius 1 is 1.00 bits per heavy atom. The average Bonchev–Trinajstić information content (AvgIpc) is 2.59. The second kappa shape index (κ2) is 4.25. The summed E-state index contributed by atoms with van der Waals surface area (Å²) in [5, 5.41) is 9.29. The Morgan fingerprint density at radius 2 is 1.67 bits per heavy atom. The summed E-state index contributed by atoms with van der Waals surface area (Å²) in [7, 11) is 0. The van der Waals surface area contributed by atoms with Crippen molar-refractivity contribution in [2.45, 2.75) is 58.8 Å². The van der Waals surface area contributed by atoms with Crippen LogP contribution in [0.3, 0.4) is 0 Å². The number of rotatable bonds is 1. The number of carboxylic acid groups (broad SMARTS) is 1. The lowest BCUT2D eigenvalue weighted by Crippen LogP contribution is -2.34. The minimum Gasteiger partial charge on any atom is -0.481 e. The van der Waals surface area contributed by atoms with Crippen LogP contribution >= 0.6 is 0 Å². The van der Waals surface area contributed by atoms with E-state index >= 15 is 0 Å². The van der Waals surface area contributed by atoms with E-state index < -0.39 is 5.97 Å². The predicted molar refractivity (Wildman–Crippen MR) is 71.2 cm³/mol. The van der Waals surface area contributed by atoms with Crippen molar-refractivity contribution < 1.29 is 9.90 Å². The van der Waals surface area contributed by atoms with Crippen LogP contribution in [-0.2, 0) is 4.79 Å². The quantitative estimate of drug-likeness (QED) is 0.765. The highest BCUT2D eigenvalue weighted by Gasteiger charge is 2.56. The zero-order chi connectivity index (χ0) is 12.9. The summed E-state index contributed by atoms with van der Waals surface area (Å²) < 4.78 is 0. The molecule has 3 fully saturated rings. The summed E-state index contributed by atoms with van der Waals surface area (Å²) in [5.41, 5.74) is 0.379. The maximum Gasteiger partial charge on any atom is 0.306 e. The molecule has 5 atom stereocenters. The van der Waals surface area contributed by atoms with Crippen molar-refractivity contribution in [3.63, 3.8) is 0 Å². The Morgan fingerprint density at radius 3 is 2.39 bits per heavy atom. The van der Waals surface area contributed by atoms with Crippen LogP contribution in [-0.4, -0.2) is 11.1 Å². The summed E-state index contributed by atoms with van der Waals surface area (Å²) in [6, 6.07) is 0. The molecule has 3 aliphatic carbocycles. The molecule has 0 spiro atoms. The van der Waals surface area contributed by atoms with Crippen LogP contribution in [0.5, 0.6) is 0 Å². The molecule has 0 radical (unpaired) electrons. The van der Waals surface area contributed by atoms with E-state index in [9.17, 15) is 9.90 Å². The molecule has 2 nitrogen and oxygen atoms in total. The minimum absolute atomic E-state index is 0.0642. The van der Waals surface area contributed by atoms with Gasteiger partial charge in [0, 0.05) is 0 Å². The van der Waals surface area contributed by atoms with Crippen molar-refractivity contribution in [3.05, 3.63) is 0 Å². The molecule has 18 heavy (non-hydrogen) atoms. The average molecular weight is 250 g/mol. The number of fused-ring (bicyclic) bond motifs is 3. The summed E-state index contributed by atoms with van der Waals surface area (Å²) in [5.74, 6) is 2.66. The van der Waals surface area contributed by atoms with Gasteiger partial charge in [0.1, 0.15) is 0 Å². The Bertz CT molecular complexity index is 347. The van der Waals surface area contributed by atoms with Crippen molar-refractivity contribution >= 4 is 5.97 Å². The molecular weight excluding hydrogens is 224 g/mol. The van der Waals surface area contributed by atoms with Crippen LogP contribution in [0.25, 0.3) is 0 Å². The van der Waals surface area contributed by atoms with Gasteiger partial charge in [0.15, 0.2) is 0 Å². The molecule has 1 N–H and O–H groups in total. The van der Waals surface area contributed by atoms with Gasteiger partial charge in [0.05, 0.1) is 5.92 Å². The molecule has 0 aromatic rings. The number of carbonyl (C=O) groups is 1. The molecule has 5 unspecified atom stereocenters. The Hall–Kier alpha value is -0.530. The van der Waals surface area contributed by atoms with Crippen molar-refractivity contribution in [2.24, 2.45) is 35.0 Å². The Labute approximate surface area is 110 Å². The van der Waals surface area contributed by atoms with Crippen LogP contribution in [0.15, 0.2) is 0 Å². The molecule has 0 heterocycles. The fourth-order valence-corrected chi connectivity index (χ4v) is 5.66. The molecule has 2 heteroatoms. The zero-order valence-corrected chi connectivity index (χ0v) is 11.7. The van der Waals surface area contributed by atoms with Crippen LogP contribution in [0.1, 0.15) is 58.8 Å². The van der Waals surface area contributed by atoms with E-state index in [-0.39, 0.29) is 5.92 Å². The van der Waals surface area contributed by atoms with Gasteiger partial charge in [-0.1, -0.05) is 26.7 Å². The third-order valence-electron chi connectivity index (χ3n) is 6.53. The summed E-state index contributed by atoms with van der Waals surface area (Å²) in [6.45, 7) is 4.84. The molecule has 3 saturated carbocycles. The molecular formula is C16H26O2.